The molecule has 2 unspecified atom stereocenters. The number of carbonyl (C=O) groups excluding carboxylic acids is 2. The van der Waals surface area contributed by atoms with Gasteiger partial charge in [-0.15, -0.1) is 0 Å². The lowest BCUT2D eigenvalue weighted by atomic mass is 9.76. The van der Waals surface area contributed by atoms with Crippen molar-refractivity contribution in [2.45, 2.75) is 118 Å². The van der Waals surface area contributed by atoms with Crippen molar-refractivity contribution in [2.75, 3.05) is 10.3 Å². The molecule has 2 amide bonds. The van der Waals surface area contributed by atoms with Crippen LogP contribution in [0.2, 0.25) is 5.02 Å². The number of hydrogen-bond donors (Lipinski definition) is 1. The maximum atomic E-state index is 14.0. The summed E-state index contributed by atoms with van der Waals surface area (Å²) in [5.74, 6) is 0.555. The number of aryl methyl sites for hydroxylation is 1. The largest absolute Gasteiger partial charge is 0.480 e. The van der Waals surface area contributed by atoms with Crippen LogP contribution in [-0.4, -0.2) is 29.7 Å². The Bertz CT molecular complexity index is 1670. The van der Waals surface area contributed by atoms with Crippen LogP contribution in [0.1, 0.15) is 105 Å². The van der Waals surface area contributed by atoms with E-state index < -0.39 is 17.6 Å². The van der Waals surface area contributed by atoms with E-state index in [9.17, 15) is 9.59 Å². The number of benzene rings is 3. The number of anilines is 2. The van der Waals surface area contributed by atoms with Crippen LogP contribution in [0.5, 0.6) is 11.5 Å². The number of ether oxygens (including phenoxy) is 2. The fraction of sp³-hybridized carbons (Fsp3) is 0.475. The minimum Gasteiger partial charge on any atom is -0.480 e. The predicted octanol–water partition coefficient (Wildman–Crippen LogP) is 10.0. The summed E-state index contributed by atoms with van der Waals surface area (Å²) in [6, 6.07) is 18.9. The molecule has 1 heterocycles. The molecule has 0 fully saturated rings. The molecule has 0 aliphatic carbocycles. The first-order valence-corrected chi connectivity index (χ1v) is 17.4. The zero-order valence-electron chi connectivity index (χ0n) is 30.5. The third kappa shape index (κ3) is 8.06. The van der Waals surface area contributed by atoms with Gasteiger partial charge in [-0.05, 0) is 79.0 Å². The number of hydrogen-bond acceptors (Lipinski definition) is 5. The minimum absolute atomic E-state index is 0.00808. The number of amides is 2. The summed E-state index contributed by atoms with van der Waals surface area (Å²) in [5.41, 5.74) is 4.10. The smallest absolute Gasteiger partial charge is 0.294 e. The lowest BCUT2D eigenvalue weighted by Gasteiger charge is -2.31. The summed E-state index contributed by atoms with van der Waals surface area (Å²) in [6.07, 6.45) is 0.607. The lowest BCUT2D eigenvalue weighted by Crippen LogP contribution is -2.41. The average Bonchev–Trinajstić information content (AvgIpc) is 3.36. The molecule has 0 aromatic heterocycles. The molecule has 8 heteroatoms. The van der Waals surface area contributed by atoms with Gasteiger partial charge in [0.05, 0.1) is 17.1 Å². The van der Waals surface area contributed by atoms with Gasteiger partial charge in [0.25, 0.3) is 11.8 Å². The van der Waals surface area contributed by atoms with Gasteiger partial charge in [0, 0.05) is 16.0 Å². The lowest BCUT2D eigenvalue weighted by molar-refractivity contribution is -0.123. The third-order valence-electron chi connectivity index (χ3n) is 9.57. The highest BCUT2D eigenvalue weighted by Gasteiger charge is 2.44. The van der Waals surface area contributed by atoms with Crippen LogP contribution in [0, 0.1) is 12.3 Å². The molecule has 48 heavy (non-hydrogen) atoms. The van der Waals surface area contributed by atoms with Crippen LogP contribution in [0.15, 0.2) is 65.8 Å². The van der Waals surface area contributed by atoms with Crippen LogP contribution in [0.25, 0.3) is 0 Å². The van der Waals surface area contributed by atoms with Gasteiger partial charge in [-0.3, -0.25) is 9.59 Å². The first-order chi connectivity index (χ1) is 22.4. The van der Waals surface area contributed by atoms with Crippen molar-refractivity contribution in [3.05, 3.63) is 82.4 Å². The van der Waals surface area contributed by atoms with Gasteiger partial charge in [-0.2, -0.15) is 10.1 Å². The van der Waals surface area contributed by atoms with Crippen molar-refractivity contribution < 1.29 is 19.1 Å². The van der Waals surface area contributed by atoms with Crippen molar-refractivity contribution in [2.24, 2.45) is 10.5 Å². The van der Waals surface area contributed by atoms with Gasteiger partial charge in [-0.1, -0.05) is 111 Å². The molecule has 4 rings (SSSR count). The molecular weight excluding hydrogens is 622 g/mol. The van der Waals surface area contributed by atoms with Crippen LogP contribution >= 0.6 is 11.6 Å². The van der Waals surface area contributed by atoms with Gasteiger partial charge in [-0.25, -0.2) is 0 Å². The van der Waals surface area contributed by atoms with Crippen LogP contribution in [0.4, 0.5) is 11.4 Å². The predicted molar refractivity (Wildman–Crippen MR) is 198 cm³/mol. The Morgan fingerprint density at radius 2 is 1.56 bits per heavy atom. The maximum absolute atomic E-state index is 14.0. The number of halogens is 1. The first-order valence-electron chi connectivity index (χ1n) is 17.0. The van der Waals surface area contributed by atoms with E-state index in [0.717, 1.165) is 24.0 Å². The van der Waals surface area contributed by atoms with E-state index in [1.807, 2.05) is 65.0 Å². The number of nitrogens with zero attached hydrogens (tertiary/aromatic N) is 2. The molecule has 0 radical (unpaired) electrons. The summed E-state index contributed by atoms with van der Waals surface area (Å²) < 4.78 is 12.7. The molecule has 1 N–H and O–H groups in total. The van der Waals surface area contributed by atoms with Crippen LogP contribution < -0.4 is 19.8 Å². The van der Waals surface area contributed by atoms with Gasteiger partial charge in [0.2, 0.25) is 6.10 Å². The molecular formula is C40H52ClN3O4. The summed E-state index contributed by atoms with van der Waals surface area (Å²) in [5, 5.41) is 9.49. The number of nitrogens with one attached hydrogen (secondary N) is 1. The Kier molecular flexibility index (Phi) is 11.0. The Balaban J connectivity index is 1.66. The number of carbonyl (C=O) groups is 2. The van der Waals surface area contributed by atoms with Gasteiger partial charge in [0.15, 0.2) is 6.10 Å². The summed E-state index contributed by atoms with van der Waals surface area (Å²) in [4.78, 5) is 27.9. The molecule has 1 aliphatic rings. The molecule has 3 aromatic rings. The van der Waals surface area contributed by atoms with Gasteiger partial charge in [0.1, 0.15) is 11.5 Å². The molecule has 0 saturated heterocycles. The standard InChI is InChI=1S/C40H52ClN3O4/c1-12-32(48-33-22-17-26(39(8,9)13-2)23-29(33)40(10,11)14-3)36(45)42-30-24-27(41)18-21-31(30)44-37(46)34(35(43-44)38(5,6)7)47-28-19-15-25(4)16-20-28/h15-24,32,34H,12-14H2,1-11H3,(H,42,45). The summed E-state index contributed by atoms with van der Waals surface area (Å²) in [6.45, 7) is 23.1. The Morgan fingerprint density at radius 3 is 2.15 bits per heavy atom. The normalized spacial score (nSPS) is 16.1. The van der Waals surface area contributed by atoms with E-state index in [1.54, 1.807) is 18.2 Å². The number of hydrazone groups is 1. The molecule has 1 aliphatic heterocycles. The van der Waals surface area contributed by atoms with Crippen molar-refractivity contribution in [1.82, 2.24) is 0 Å². The molecule has 3 aromatic carbocycles. The molecule has 258 valence electrons. The Morgan fingerprint density at radius 1 is 0.917 bits per heavy atom. The monoisotopic (exact) mass is 673 g/mol. The maximum Gasteiger partial charge on any atom is 0.294 e. The van der Waals surface area contributed by atoms with Crippen molar-refractivity contribution in [1.29, 1.82) is 0 Å². The van der Waals surface area contributed by atoms with Gasteiger partial charge >= 0.3 is 0 Å². The second-order valence-corrected chi connectivity index (χ2v) is 15.5. The zero-order chi connectivity index (χ0) is 35.6. The number of rotatable bonds is 12. The zero-order valence-corrected chi connectivity index (χ0v) is 31.2. The minimum atomic E-state index is -0.931. The average molecular weight is 674 g/mol. The van der Waals surface area contributed by atoms with E-state index >= 15 is 0 Å². The van der Waals surface area contributed by atoms with Crippen molar-refractivity contribution in [3.8, 4) is 11.5 Å². The molecule has 7 nitrogen and oxygen atoms in total. The molecule has 0 saturated carbocycles. The highest BCUT2D eigenvalue weighted by atomic mass is 35.5. The van der Waals surface area contributed by atoms with E-state index in [2.05, 4.69) is 59.0 Å². The van der Waals surface area contributed by atoms with Crippen molar-refractivity contribution in [3.63, 3.8) is 0 Å². The van der Waals surface area contributed by atoms with Crippen LogP contribution in [-0.2, 0) is 20.4 Å². The van der Waals surface area contributed by atoms with Crippen molar-refractivity contribution >= 4 is 40.5 Å². The van der Waals surface area contributed by atoms with E-state index in [-0.39, 0.29) is 22.6 Å². The Labute approximate surface area is 292 Å². The molecule has 0 bridgehead atoms. The second kappa shape index (κ2) is 14.3. The topological polar surface area (TPSA) is 80.2 Å². The summed E-state index contributed by atoms with van der Waals surface area (Å²) >= 11 is 6.44. The summed E-state index contributed by atoms with van der Waals surface area (Å²) in [7, 11) is 0. The molecule has 2 atom stereocenters. The fourth-order valence-corrected chi connectivity index (χ4v) is 5.64. The second-order valence-electron chi connectivity index (χ2n) is 15.0. The highest BCUT2D eigenvalue weighted by molar-refractivity contribution is 6.31. The van der Waals surface area contributed by atoms with Crippen LogP contribution in [0.3, 0.4) is 0 Å². The SMILES string of the molecule is CCC(Oc1ccc(C(C)(C)CC)cc1C(C)(C)CC)C(=O)Nc1cc(Cl)ccc1N1N=C(C(C)(C)C)C(Oc2ccc(C)cc2)C1=O. The Hall–Kier alpha value is -3.84. The molecule has 0 spiro atoms. The van der Waals surface area contributed by atoms with E-state index in [4.69, 9.17) is 26.2 Å². The first kappa shape index (κ1) is 37.0. The fourth-order valence-electron chi connectivity index (χ4n) is 5.47. The van der Waals surface area contributed by atoms with E-state index in [0.29, 0.717) is 40.0 Å². The van der Waals surface area contributed by atoms with Gasteiger partial charge < -0.3 is 14.8 Å². The third-order valence-corrected chi connectivity index (χ3v) is 9.80. The van der Waals surface area contributed by atoms with E-state index in [1.165, 1.54) is 10.6 Å². The quantitative estimate of drug-likeness (QED) is 0.207. The highest BCUT2D eigenvalue weighted by Crippen LogP contribution is 2.40.